The number of aliphatic hydroxyl groups excluding tert-OH is 3. The van der Waals surface area contributed by atoms with E-state index >= 15 is 0 Å². The van der Waals surface area contributed by atoms with Crippen molar-refractivity contribution in [2.75, 3.05) is 19.7 Å². The number of likely N-dealkylation sites (tertiary alicyclic amines) is 1. The van der Waals surface area contributed by atoms with Gasteiger partial charge in [-0.15, -0.1) is 5.10 Å². The van der Waals surface area contributed by atoms with E-state index in [-0.39, 0.29) is 29.7 Å². The lowest BCUT2D eigenvalue weighted by molar-refractivity contribution is -0.212. The summed E-state index contributed by atoms with van der Waals surface area (Å²) in [6, 6.07) is 2.30. The van der Waals surface area contributed by atoms with Crippen LogP contribution in [-0.4, -0.2) is 103 Å². The number of hydrogen-bond donors (Lipinski definition) is 3. The van der Waals surface area contributed by atoms with Crippen molar-refractivity contribution in [2.45, 2.75) is 88.6 Å². The summed E-state index contributed by atoms with van der Waals surface area (Å²) in [6.07, 6.45) is -1.99. The monoisotopic (exact) mass is 593 g/mol. The van der Waals surface area contributed by atoms with Crippen LogP contribution in [0.15, 0.2) is 29.6 Å². The number of rotatable bonds is 6. The Morgan fingerprint density at radius 3 is 2.43 bits per heavy atom. The summed E-state index contributed by atoms with van der Waals surface area (Å²) in [7, 11) is 0. The molecule has 2 fully saturated rings. The fourth-order valence-electron chi connectivity index (χ4n) is 5.76. The Bertz CT molecular complexity index is 1270. The van der Waals surface area contributed by atoms with Gasteiger partial charge in [-0.25, -0.2) is 18.3 Å². The van der Waals surface area contributed by atoms with Crippen LogP contribution in [0.3, 0.4) is 0 Å². The van der Waals surface area contributed by atoms with Gasteiger partial charge in [0.25, 0.3) is 0 Å². The molecule has 0 aliphatic carbocycles. The van der Waals surface area contributed by atoms with Gasteiger partial charge in [-0.2, -0.15) is 0 Å². The molecular weight excluding hydrogens is 556 g/mol. The van der Waals surface area contributed by atoms with Gasteiger partial charge in [0, 0.05) is 31.8 Å². The molecule has 1 aromatic heterocycles. The van der Waals surface area contributed by atoms with Crippen molar-refractivity contribution in [3.63, 3.8) is 0 Å². The summed E-state index contributed by atoms with van der Waals surface area (Å²) in [5.74, 6) is -1.52. The molecule has 42 heavy (non-hydrogen) atoms. The van der Waals surface area contributed by atoms with Gasteiger partial charge in [-0.05, 0) is 45.7 Å². The maximum atomic E-state index is 14.3. The summed E-state index contributed by atoms with van der Waals surface area (Å²) in [4.78, 5) is 19.8. The number of nitrogens with zero attached hydrogens (tertiary/aromatic N) is 5. The van der Waals surface area contributed by atoms with E-state index in [4.69, 9.17) is 14.3 Å². The molecule has 230 valence electrons. The number of amides is 1. The first kappa shape index (κ1) is 30.3. The molecule has 1 unspecified atom stereocenters. The Morgan fingerprint density at radius 1 is 1.12 bits per heavy atom. The summed E-state index contributed by atoms with van der Waals surface area (Å²) >= 11 is 0. The summed E-state index contributed by atoms with van der Waals surface area (Å²) in [5.41, 5.74) is -0.175. The molecule has 0 saturated carbocycles. The molecule has 2 aromatic rings. The van der Waals surface area contributed by atoms with Gasteiger partial charge in [0.1, 0.15) is 53.4 Å². The van der Waals surface area contributed by atoms with Gasteiger partial charge < -0.3 is 34.5 Å². The average molecular weight is 594 g/mol. The van der Waals surface area contributed by atoms with Gasteiger partial charge >= 0.3 is 6.09 Å². The van der Waals surface area contributed by atoms with Crippen LogP contribution < -0.4 is 0 Å². The van der Waals surface area contributed by atoms with Crippen molar-refractivity contribution >= 4 is 11.8 Å². The second kappa shape index (κ2) is 12.2. The number of halogens is 2. The first-order valence-corrected chi connectivity index (χ1v) is 14.1. The molecule has 2 saturated heterocycles. The van der Waals surface area contributed by atoms with E-state index < -0.39 is 60.4 Å². The zero-order chi connectivity index (χ0) is 30.2. The van der Waals surface area contributed by atoms with E-state index in [2.05, 4.69) is 15.5 Å². The van der Waals surface area contributed by atoms with Crippen LogP contribution in [0.2, 0.25) is 0 Å². The largest absolute Gasteiger partial charge is 0.444 e. The second-order valence-electron chi connectivity index (χ2n) is 12.0. The van der Waals surface area contributed by atoms with Crippen molar-refractivity contribution < 1.29 is 43.2 Å². The molecule has 0 radical (unpaired) electrons. The molecule has 6 atom stereocenters. The van der Waals surface area contributed by atoms with Crippen LogP contribution in [0.5, 0.6) is 0 Å². The fourth-order valence-corrected chi connectivity index (χ4v) is 5.76. The molecule has 3 aliphatic heterocycles. The van der Waals surface area contributed by atoms with Crippen molar-refractivity contribution in [3.8, 4) is 11.3 Å². The van der Waals surface area contributed by atoms with Gasteiger partial charge in [0.05, 0.1) is 30.2 Å². The number of aliphatic hydroxyl groups is 3. The number of hydrogen-bond acceptors (Lipinski definition) is 10. The molecule has 3 aliphatic rings. The van der Waals surface area contributed by atoms with Crippen LogP contribution >= 0.6 is 0 Å². The normalized spacial score (nSPS) is 28.9. The van der Waals surface area contributed by atoms with Gasteiger partial charge in [-0.1, -0.05) is 16.4 Å². The number of oxime groups is 1. The van der Waals surface area contributed by atoms with Crippen LogP contribution in [0.25, 0.3) is 11.3 Å². The minimum absolute atomic E-state index is 0.108. The van der Waals surface area contributed by atoms with Crippen LogP contribution in [0, 0.1) is 17.6 Å². The summed E-state index contributed by atoms with van der Waals surface area (Å²) < 4.78 is 41.1. The summed E-state index contributed by atoms with van der Waals surface area (Å²) in [5, 5.41) is 44.1. The van der Waals surface area contributed by atoms with E-state index in [9.17, 15) is 28.9 Å². The van der Waals surface area contributed by atoms with Gasteiger partial charge in [0.2, 0.25) is 0 Å². The van der Waals surface area contributed by atoms with E-state index in [1.807, 2.05) is 20.8 Å². The highest BCUT2D eigenvalue weighted by Crippen LogP contribution is 2.35. The number of carbonyl (C=O) groups is 1. The fraction of sp³-hybridized carbons (Fsp3) is 0.643. The molecular formula is C28H37F2N5O7. The molecule has 0 bridgehead atoms. The molecule has 1 amide bonds. The number of ether oxygens (including phenoxy) is 2. The lowest BCUT2D eigenvalue weighted by Gasteiger charge is -2.42. The van der Waals surface area contributed by atoms with Gasteiger partial charge in [0.15, 0.2) is 0 Å². The Balaban J connectivity index is 1.21. The minimum atomic E-state index is -1.38. The standard InChI is InChI=1S/C28H37F2N5O7/c1-28(2,3)41-27(39)34-9-7-15(8-10-34)19-11-16(42-32-19)12-21-25(37)24(26(38)22(14-36)40-21)35-13-20(31-33-35)23-17(29)5-4-6-18(23)30/h4-6,13,15-16,21-22,24-26,36-38H,7-12,14H2,1-3H3/t16?,21-,22-,24-,25+,26+/m1/s1. The Kier molecular flexibility index (Phi) is 8.78. The lowest BCUT2D eigenvalue weighted by atomic mass is 9.86. The number of piperidine rings is 1. The highest BCUT2D eigenvalue weighted by molar-refractivity contribution is 5.88. The maximum Gasteiger partial charge on any atom is 0.410 e. The molecule has 4 heterocycles. The van der Waals surface area contributed by atoms with Crippen LogP contribution in [0.1, 0.15) is 52.5 Å². The molecule has 3 N–H and O–H groups in total. The van der Waals surface area contributed by atoms with E-state index in [0.717, 1.165) is 35.4 Å². The first-order chi connectivity index (χ1) is 19.9. The molecule has 14 heteroatoms. The van der Waals surface area contributed by atoms with Crippen LogP contribution in [0.4, 0.5) is 13.6 Å². The summed E-state index contributed by atoms with van der Waals surface area (Å²) in [6.45, 7) is 6.05. The predicted octanol–water partition coefficient (Wildman–Crippen LogP) is 2.43. The zero-order valence-corrected chi connectivity index (χ0v) is 23.8. The van der Waals surface area contributed by atoms with Crippen molar-refractivity contribution in [1.82, 2.24) is 19.9 Å². The molecule has 1 aromatic carbocycles. The zero-order valence-electron chi connectivity index (χ0n) is 23.8. The Morgan fingerprint density at radius 2 is 1.79 bits per heavy atom. The topological polar surface area (TPSA) is 152 Å². The molecule has 0 spiro atoms. The van der Waals surface area contributed by atoms with Crippen molar-refractivity contribution in [2.24, 2.45) is 11.1 Å². The third-order valence-electron chi connectivity index (χ3n) is 7.89. The van der Waals surface area contributed by atoms with Gasteiger partial charge in [-0.3, -0.25) is 0 Å². The van der Waals surface area contributed by atoms with Crippen LogP contribution in [-0.2, 0) is 14.3 Å². The lowest BCUT2D eigenvalue weighted by Crippen LogP contribution is -2.56. The second-order valence-corrected chi connectivity index (χ2v) is 12.0. The Labute approximate surface area is 241 Å². The highest BCUT2D eigenvalue weighted by atomic mass is 19.1. The number of benzene rings is 1. The van der Waals surface area contributed by atoms with Crippen molar-refractivity contribution in [1.29, 1.82) is 0 Å². The smallest absolute Gasteiger partial charge is 0.410 e. The van der Waals surface area contributed by atoms with E-state index in [1.165, 1.54) is 12.3 Å². The third kappa shape index (κ3) is 6.41. The number of aromatic nitrogens is 3. The van der Waals surface area contributed by atoms with E-state index in [1.54, 1.807) is 4.90 Å². The Hall–Kier alpha value is -3.20. The molecule has 5 rings (SSSR count). The quantitative estimate of drug-likeness (QED) is 0.459. The van der Waals surface area contributed by atoms with E-state index in [0.29, 0.717) is 19.5 Å². The minimum Gasteiger partial charge on any atom is -0.444 e. The first-order valence-electron chi connectivity index (χ1n) is 14.1. The third-order valence-corrected chi connectivity index (χ3v) is 7.89. The van der Waals surface area contributed by atoms with Crippen molar-refractivity contribution in [3.05, 3.63) is 36.0 Å². The SMILES string of the molecule is CC(C)(C)OC(=O)N1CCC(C2=NOC(C[C@H]3O[C@H](CO)[C@H](O)[C@H](n4cc(-c5c(F)cccc5F)nn4)[C@H]3O)C2)CC1. The maximum absolute atomic E-state index is 14.3. The number of carbonyl (C=O) groups excluding carboxylic acids is 1. The highest BCUT2D eigenvalue weighted by Gasteiger charge is 2.47. The average Bonchev–Trinajstić information content (AvgIpc) is 3.60. The molecule has 12 nitrogen and oxygen atoms in total. The predicted molar refractivity (Wildman–Crippen MR) is 144 cm³/mol.